The van der Waals surface area contributed by atoms with Crippen LogP contribution < -0.4 is 81.0 Å². The monoisotopic (exact) mass is 1920 g/mol. The van der Waals surface area contributed by atoms with Gasteiger partial charge in [-0.1, -0.05) is 177 Å². The van der Waals surface area contributed by atoms with Gasteiger partial charge in [0, 0.05) is 82.3 Å². The molecule has 2 aromatic heterocycles. The number of nitrogens with two attached hydrogens (primary N) is 3. The minimum absolute atomic E-state index is 0.00865. The Morgan fingerprint density at radius 3 is 1.66 bits per heavy atom. The molecule has 5 heterocycles. The summed E-state index contributed by atoms with van der Waals surface area (Å²) in [6.45, 7) is 18.3. The number of aromatic amines is 2. The molecule has 738 valence electrons. The number of rotatable bonds is 42. The third kappa shape index (κ3) is 42.2. The summed E-state index contributed by atoms with van der Waals surface area (Å²) in [5, 5.41) is 62.7. The second-order valence-corrected chi connectivity index (χ2v) is 36.1. The van der Waals surface area contributed by atoms with Crippen LogP contribution in [0, 0.1) is 17.8 Å². The molecular weight excluding hydrogens is 1790 g/mol. The first kappa shape index (κ1) is 114. The third-order valence-corrected chi connectivity index (χ3v) is 23.6. The first-order chi connectivity index (χ1) is 63.3. The number of hydroxylamine groups is 2. The van der Waals surface area contributed by atoms with Crippen LogP contribution in [-0.4, -0.2) is 269 Å². The molecule has 13 atom stereocenters. The number of halogens is 1. The maximum absolute atomic E-state index is 15.5. The highest BCUT2D eigenvalue weighted by Gasteiger charge is 2.45. The first-order valence-electron chi connectivity index (χ1n) is 44.9. The number of aliphatic carboxylic acids is 1. The van der Waals surface area contributed by atoms with Crippen molar-refractivity contribution in [2.75, 3.05) is 50.8 Å². The van der Waals surface area contributed by atoms with E-state index in [4.69, 9.17) is 33.6 Å². The van der Waals surface area contributed by atoms with Crippen LogP contribution in [0.2, 0.25) is 5.02 Å². The van der Waals surface area contributed by atoms with Crippen LogP contribution in [0.3, 0.4) is 0 Å². The number of hydrogen-bond donors (Lipinski definition) is 20. The standard InChI is InChI=1S/C73H97ClN18O21S2.3C5H13N/c1-8-38(6)62(72(111)87-46(18-36(2)3)63(102)78-29-57(96)77-30-61(101)113-92-58(97)16-17-59(92)98)90-69(108)51(24-43-28-76-35-80-43)84-70(109)53-32-114-115-33-54(89-67(106)50(23-42-27-75-34-79-42)83-65(104)48(81-39(7)93)21-40-12-10-9-11-13-40)73(112)91-31-44(94)25-55(91)71(110)86-49(22-41-14-15-56(95)45(74)20-41)66(105)85-52(26-60(99)100)68(107)82-47(19-37(4)5)64(103)88-53;3*1-2-3-4-5-6/h9-15,20,27-28,34-38,44,46-55,62,94-95H,8,16-19,21-26,29-33H2,1-7H3,(H,75,79)(H,76,80)(H,77,96)(H,78,102)(H,81,93)(H,82,107)(H,83,104)(H,84,109)(H,85,105)(H,86,110)(H,87,111)(H,88,103)(H,89,106)(H,90,108)(H,99,100);3*2-6H2,1H3/t38?,44?,46-,47-,48-,49-,50-,51-,52-,53-,54-,55-,62-;;;/m0.../s1. The van der Waals surface area contributed by atoms with Gasteiger partial charge in [-0.15, -0.1) is 5.06 Å². The topological polar surface area (TPSA) is 646 Å². The number of hydrogen-bond acceptors (Lipinski definition) is 27. The van der Waals surface area contributed by atoms with Crippen LogP contribution in [-0.2, 0) is 112 Å². The van der Waals surface area contributed by atoms with Crippen molar-refractivity contribution in [2.24, 2.45) is 35.0 Å². The number of H-pyrrole nitrogens is 2. The van der Waals surface area contributed by atoms with E-state index in [2.05, 4.69) is 105 Å². The lowest BCUT2D eigenvalue weighted by Gasteiger charge is -2.31. The average Bonchev–Trinajstić information content (AvgIpc) is 1.65. The number of carbonyl (C=O) groups excluding carboxylic acids is 16. The van der Waals surface area contributed by atoms with Crippen molar-refractivity contribution in [2.45, 2.75) is 270 Å². The Balaban J connectivity index is 0.00000186. The SMILES string of the molecule is CCC(C)[C@H](NC(=O)[C@H](Cc1c[nH]cn1)NC(=O)[C@@H]1CSSC[C@H](NC(=O)[C@H](Cc2c[nH]cn2)NC(=O)[C@H](Cc2ccccc2)NC(C)=O)C(=O)N2CC(O)C[C@H]2C(=O)N[C@@H](Cc2ccc(O)c(Cl)c2)C(=O)N[C@@H](CC(=O)O)C(=O)N[C@@H](CC(C)C)C(=O)N1)C(=O)N[C@@H](CC(C)C)C(=O)NCC(=O)NCC(=O)ON1C(=O)CCC1=O.CCCCCN.CCCCCN.CCCCCN. The molecule has 7 rings (SSSR count). The largest absolute Gasteiger partial charge is 0.506 e. The molecule has 2 aromatic carbocycles. The number of nitrogens with zero attached hydrogens (tertiary/aromatic N) is 4. The van der Waals surface area contributed by atoms with Gasteiger partial charge in [-0.05, 0) is 92.8 Å². The fraction of sp³-hybridized carbons (Fsp3) is 0.602. The summed E-state index contributed by atoms with van der Waals surface area (Å²) in [4.78, 5) is 257. The number of carbonyl (C=O) groups is 17. The van der Waals surface area contributed by atoms with Gasteiger partial charge in [0.25, 0.3) is 11.8 Å². The Bertz CT molecular complexity index is 4360. The van der Waals surface area contributed by atoms with Gasteiger partial charge in [0.15, 0.2) is 0 Å². The fourth-order valence-electron chi connectivity index (χ4n) is 13.6. The van der Waals surface area contributed by atoms with E-state index in [0.717, 1.165) is 46.1 Å². The Kier molecular flexibility index (Phi) is 52.7. The second kappa shape index (κ2) is 61.5. The highest BCUT2D eigenvalue weighted by atomic mass is 35.5. The minimum atomic E-state index is -2.01. The highest BCUT2D eigenvalue weighted by molar-refractivity contribution is 8.76. The number of aliphatic hydroxyl groups is 1. The molecule has 2 unspecified atom stereocenters. The summed E-state index contributed by atoms with van der Waals surface area (Å²) in [5.41, 5.74) is 16.9. The number of phenols is 1. The Hall–Kier alpha value is -11.3. The molecule has 3 saturated heterocycles. The molecule has 0 saturated carbocycles. The molecule has 3 fully saturated rings. The van der Waals surface area contributed by atoms with E-state index in [9.17, 15) is 72.9 Å². The number of fused-ring (bicyclic) bond motifs is 1. The number of benzene rings is 2. The molecule has 3 aliphatic heterocycles. The highest BCUT2D eigenvalue weighted by Crippen LogP contribution is 2.29. The first-order valence-corrected chi connectivity index (χ1v) is 47.8. The van der Waals surface area contributed by atoms with Crippen LogP contribution in [0.1, 0.15) is 194 Å². The lowest BCUT2D eigenvalue weighted by molar-refractivity contribution is -0.196. The fourth-order valence-corrected chi connectivity index (χ4v) is 16.1. The number of aromatic nitrogens is 4. The van der Waals surface area contributed by atoms with E-state index < -0.39 is 242 Å². The zero-order valence-corrected chi connectivity index (χ0v) is 79.7. The van der Waals surface area contributed by atoms with Gasteiger partial charge in [-0.25, -0.2) is 14.8 Å². The molecule has 45 heteroatoms. The molecule has 0 radical (unpaired) electrons. The van der Waals surface area contributed by atoms with Crippen LogP contribution in [0.4, 0.5) is 0 Å². The molecule has 3 aliphatic rings. The summed E-state index contributed by atoms with van der Waals surface area (Å²) in [6.07, 6.45) is 12.1. The number of phenolic OH excluding ortho intramolecular Hbond substituents is 1. The Labute approximate surface area is 787 Å². The second-order valence-electron chi connectivity index (χ2n) is 33.2. The van der Waals surface area contributed by atoms with Gasteiger partial charge in [-0.2, -0.15) is 0 Å². The minimum Gasteiger partial charge on any atom is -0.506 e. The Morgan fingerprint density at radius 1 is 0.594 bits per heavy atom. The van der Waals surface area contributed by atoms with Crippen molar-refractivity contribution >= 4 is 134 Å². The van der Waals surface area contributed by atoms with Crippen molar-refractivity contribution in [1.82, 2.24) is 93.7 Å². The van der Waals surface area contributed by atoms with Gasteiger partial charge >= 0.3 is 11.9 Å². The molecule has 0 aliphatic carbocycles. The number of amides is 15. The van der Waals surface area contributed by atoms with Gasteiger partial charge in [0.05, 0.1) is 48.1 Å². The van der Waals surface area contributed by atoms with Gasteiger partial charge in [0.1, 0.15) is 78.8 Å². The average molecular weight is 1920 g/mol. The summed E-state index contributed by atoms with van der Waals surface area (Å²) in [6, 6.07) is -5.44. The van der Waals surface area contributed by atoms with Crippen molar-refractivity contribution in [1.29, 1.82) is 0 Å². The molecule has 0 spiro atoms. The number of nitrogens with one attached hydrogen (secondary N) is 14. The molecule has 23 N–H and O–H groups in total. The summed E-state index contributed by atoms with van der Waals surface area (Å²) in [5.74, 6) is -19.8. The zero-order chi connectivity index (χ0) is 98.8. The summed E-state index contributed by atoms with van der Waals surface area (Å²) >= 11 is 6.28. The van der Waals surface area contributed by atoms with E-state index in [1.54, 1.807) is 71.9 Å². The van der Waals surface area contributed by atoms with E-state index in [-0.39, 0.29) is 78.6 Å². The molecule has 42 nitrogen and oxygen atoms in total. The third-order valence-electron chi connectivity index (χ3n) is 20.9. The zero-order valence-electron chi connectivity index (χ0n) is 77.3. The Morgan fingerprint density at radius 2 is 1.14 bits per heavy atom. The normalized spacial score (nSPS) is 19.2. The number of imidazole rings is 2. The lowest BCUT2D eigenvalue weighted by atomic mass is 9.96. The van der Waals surface area contributed by atoms with Gasteiger partial charge in [-0.3, -0.25) is 76.7 Å². The molecular formula is C88H136ClN21O21S2. The quantitative estimate of drug-likeness (QED) is 0.0166. The number of aliphatic hydroxyl groups excluding tert-OH is 1. The van der Waals surface area contributed by atoms with Crippen molar-refractivity contribution in [3.63, 3.8) is 0 Å². The van der Waals surface area contributed by atoms with Crippen LogP contribution in [0.25, 0.3) is 0 Å². The maximum Gasteiger partial charge on any atom is 0.352 e. The molecule has 15 amide bonds. The van der Waals surface area contributed by atoms with Gasteiger partial charge in [0.2, 0.25) is 76.8 Å². The van der Waals surface area contributed by atoms with Gasteiger partial charge < -0.3 is 116 Å². The number of carboxylic acids is 1. The van der Waals surface area contributed by atoms with Crippen molar-refractivity contribution in [3.05, 3.63) is 101 Å². The number of unbranched alkanes of at least 4 members (excludes halogenated alkanes) is 6. The predicted octanol–water partition coefficient (Wildman–Crippen LogP) is 0.846. The summed E-state index contributed by atoms with van der Waals surface area (Å²) in [7, 11) is 1.65. The number of carboxylic acid groups (broad SMARTS) is 1. The molecule has 133 heavy (non-hydrogen) atoms. The molecule has 0 bridgehead atoms. The lowest BCUT2D eigenvalue weighted by Crippen LogP contribution is -2.62. The number of aromatic hydroxyl groups is 1. The summed E-state index contributed by atoms with van der Waals surface area (Å²) < 4.78 is 0. The maximum atomic E-state index is 15.5. The van der Waals surface area contributed by atoms with Crippen LogP contribution in [0.15, 0.2) is 73.6 Å². The molecule has 4 aromatic rings. The van der Waals surface area contributed by atoms with E-state index in [1.807, 2.05) is 0 Å². The van der Waals surface area contributed by atoms with E-state index in [1.165, 1.54) is 108 Å². The smallest absolute Gasteiger partial charge is 0.352 e. The van der Waals surface area contributed by atoms with Crippen LogP contribution in [0.5, 0.6) is 5.75 Å². The van der Waals surface area contributed by atoms with E-state index in [0.29, 0.717) is 10.6 Å². The van der Waals surface area contributed by atoms with Crippen molar-refractivity contribution in [3.8, 4) is 5.75 Å². The van der Waals surface area contributed by atoms with Crippen molar-refractivity contribution < 1.29 is 102 Å². The number of imide groups is 1. The predicted molar refractivity (Wildman–Crippen MR) is 497 cm³/mol. The van der Waals surface area contributed by atoms with E-state index >= 15 is 24.0 Å². The van der Waals surface area contributed by atoms with Crippen LogP contribution >= 0.6 is 33.2 Å².